The molecule has 1 radical (unpaired) electrons. The molecule has 0 unspecified atom stereocenters. The van der Waals surface area contributed by atoms with Crippen molar-refractivity contribution in [3.05, 3.63) is 0 Å². The highest BCUT2D eigenvalue weighted by molar-refractivity contribution is 5.65. The maximum atomic E-state index is 10.1. The Morgan fingerprint density at radius 1 is 1.67 bits per heavy atom. The monoisotopic (exact) mass is 130 g/mol. The fourth-order valence-corrected chi connectivity index (χ4v) is 0.412. The van der Waals surface area contributed by atoms with Crippen LogP contribution < -0.4 is 5.32 Å². The van der Waals surface area contributed by atoms with Crippen LogP contribution >= 0.6 is 0 Å². The minimum Gasteiger partial charge on any atom is -0.464 e. The lowest BCUT2D eigenvalue weighted by Crippen LogP contribution is -2.13. The van der Waals surface area contributed by atoms with Crippen molar-refractivity contribution in [2.45, 2.75) is 13.8 Å². The first-order chi connectivity index (χ1) is 4.27. The predicted molar refractivity (Wildman–Crippen MR) is 34.2 cm³/mol. The van der Waals surface area contributed by atoms with E-state index in [1.807, 2.05) is 6.92 Å². The van der Waals surface area contributed by atoms with Crippen LogP contribution in [0.25, 0.3) is 0 Å². The molecule has 0 heterocycles. The first-order valence-corrected chi connectivity index (χ1v) is 3.04. The number of rotatable bonds is 4. The van der Waals surface area contributed by atoms with Crippen molar-refractivity contribution in [2.75, 3.05) is 19.7 Å². The minimum atomic E-state index is -0.235. The smallest absolute Gasteiger partial charge is 0.302 e. The Bertz CT molecular complexity index is 83.1. The topological polar surface area (TPSA) is 40.4 Å². The SMILES string of the molecule is CC[N]CCOC(C)=O. The molecule has 0 N–H and O–H groups in total. The molecule has 3 heteroatoms. The summed E-state index contributed by atoms with van der Waals surface area (Å²) in [6, 6.07) is 0. The van der Waals surface area contributed by atoms with Gasteiger partial charge in [-0.05, 0) is 0 Å². The third kappa shape index (κ3) is 7.43. The van der Waals surface area contributed by atoms with E-state index in [-0.39, 0.29) is 5.97 Å². The van der Waals surface area contributed by atoms with E-state index in [4.69, 9.17) is 0 Å². The van der Waals surface area contributed by atoms with Gasteiger partial charge in [-0.25, -0.2) is 5.32 Å². The van der Waals surface area contributed by atoms with Crippen molar-refractivity contribution in [3.63, 3.8) is 0 Å². The van der Waals surface area contributed by atoms with Gasteiger partial charge in [0.1, 0.15) is 6.61 Å². The molecule has 0 saturated heterocycles. The second kappa shape index (κ2) is 5.56. The summed E-state index contributed by atoms with van der Waals surface area (Å²) < 4.78 is 4.61. The van der Waals surface area contributed by atoms with Gasteiger partial charge in [0.25, 0.3) is 0 Å². The number of esters is 1. The van der Waals surface area contributed by atoms with Gasteiger partial charge in [-0.15, -0.1) is 0 Å². The molecule has 0 aliphatic rings. The summed E-state index contributed by atoms with van der Waals surface area (Å²) in [5, 5.41) is 3.97. The van der Waals surface area contributed by atoms with E-state index in [0.717, 1.165) is 6.54 Å². The number of nitrogens with zero attached hydrogens (tertiary/aromatic N) is 1. The second-order valence-electron chi connectivity index (χ2n) is 1.60. The van der Waals surface area contributed by atoms with Crippen LogP contribution in [0.3, 0.4) is 0 Å². The summed E-state index contributed by atoms with van der Waals surface area (Å²) in [5.41, 5.74) is 0. The Kier molecular flexibility index (Phi) is 5.21. The van der Waals surface area contributed by atoms with Crippen LogP contribution in [-0.2, 0) is 9.53 Å². The van der Waals surface area contributed by atoms with Crippen LogP contribution in [0.2, 0.25) is 0 Å². The zero-order valence-corrected chi connectivity index (χ0v) is 5.89. The van der Waals surface area contributed by atoms with E-state index in [1.165, 1.54) is 6.92 Å². The highest BCUT2D eigenvalue weighted by Gasteiger charge is 1.89. The number of hydrogen-bond acceptors (Lipinski definition) is 2. The summed E-state index contributed by atoms with van der Waals surface area (Å²) in [4.78, 5) is 10.1. The molecule has 0 bridgehead atoms. The molecule has 0 spiro atoms. The maximum absolute atomic E-state index is 10.1. The van der Waals surface area contributed by atoms with Gasteiger partial charge in [0.15, 0.2) is 0 Å². The van der Waals surface area contributed by atoms with Crippen molar-refractivity contribution in [1.29, 1.82) is 0 Å². The van der Waals surface area contributed by atoms with E-state index in [1.54, 1.807) is 0 Å². The van der Waals surface area contributed by atoms with Crippen LogP contribution in [0.1, 0.15) is 13.8 Å². The van der Waals surface area contributed by atoms with Crippen molar-refractivity contribution >= 4 is 5.97 Å². The van der Waals surface area contributed by atoms with Crippen LogP contribution in [0, 0.1) is 0 Å². The molecule has 0 atom stereocenters. The third-order valence-electron chi connectivity index (χ3n) is 0.778. The molecule has 0 aromatic heterocycles. The molecule has 3 nitrogen and oxygen atoms in total. The highest BCUT2D eigenvalue weighted by Crippen LogP contribution is 1.73. The molecular weight excluding hydrogens is 118 g/mol. The van der Waals surface area contributed by atoms with Crippen molar-refractivity contribution in [3.8, 4) is 0 Å². The molecular formula is C6H12NO2. The van der Waals surface area contributed by atoms with Gasteiger partial charge in [0.2, 0.25) is 0 Å². The van der Waals surface area contributed by atoms with Crippen molar-refractivity contribution < 1.29 is 9.53 Å². The minimum absolute atomic E-state index is 0.235. The van der Waals surface area contributed by atoms with E-state index < -0.39 is 0 Å². The number of likely N-dealkylation sites (N-methyl/N-ethyl adjacent to an activating group) is 1. The highest BCUT2D eigenvalue weighted by atomic mass is 16.5. The van der Waals surface area contributed by atoms with E-state index >= 15 is 0 Å². The number of ether oxygens (including phenoxy) is 1. The Hall–Kier alpha value is -0.570. The van der Waals surface area contributed by atoms with Crippen LogP contribution in [-0.4, -0.2) is 25.7 Å². The third-order valence-corrected chi connectivity index (χ3v) is 0.778. The molecule has 0 aromatic carbocycles. The van der Waals surface area contributed by atoms with Crippen LogP contribution in [0.15, 0.2) is 0 Å². The molecule has 0 aliphatic heterocycles. The lowest BCUT2D eigenvalue weighted by atomic mass is 10.6. The quantitative estimate of drug-likeness (QED) is 0.402. The Morgan fingerprint density at radius 2 is 2.33 bits per heavy atom. The van der Waals surface area contributed by atoms with Gasteiger partial charge in [-0.1, -0.05) is 6.92 Å². The molecule has 0 aromatic rings. The average Bonchev–Trinajstić information content (AvgIpc) is 1.80. The second-order valence-corrected chi connectivity index (χ2v) is 1.60. The van der Waals surface area contributed by atoms with E-state index in [0.29, 0.717) is 13.2 Å². The Balaban J connectivity index is 2.83. The number of carbonyl (C=O) groups is 1. The van der Waals surface area contributed by atoms with Gasteiger partial charge in [-0.3, -0.25) is 4.79 Å². The average molecular weight is 130 g/mol. The first kappa shape index (κ1) is 8.43. The molecule has 9 heavy (non-hydrogen) atoms. The molecule has 0 amide bonds. The standard InChI is InChI=1S/C6H12NO2/c1-3-7-4-5-9-6(2)8/h3-5H2,1-2H3. The lowest BCUT2D eigenvalue weighted by molar-refractivity contribution is -0.140. The van der Waals surface area contributed by atoms with Gasteiger partial charge in [-0.2, -0.15) is 0 Å². The summed E-state index contributed by atoms with van der Waals surface area (Å²) in [7, 11) is 0. The Morgan fingerprint density at radius 3 is 2.78 bits per heavy atom. The molecule has 53 valence electrons. The largest absolute Gasteiger partial charge is 0.464 e. The fourth-order valence-electron chi connectivity index (χ4n) is 0.412. The normalized spacial score (nSPS) is 9.11. The summed E-state index contributed by atoms with van der Waals surface area (Å²) in [6.07, 6.45) is 0. The number of carbonyl (C=O) groups excluding carboxylic acids is 1. The summed E-state index contributed by atoms with van der Waals surface area (Å²) in [6.45, 7) is 5.18. The maximum Gasteiger partial charge on any atom is 0.302 e. The molecule has 0 aliphatic carbocycles. The molecule has 0 saturated carbocycles. The van der Waals surface area contributed by atoms with E-state index in [9.17, 15) is 4.79 Å². The number of hydrogen-bond donors (Lipinski definition) is 0. The molecule has 0 fully saturated rings. The molecule has 0 rings (SSSR count). The van der Waals surface area contributed by atoms with Crippen molar-refractivity contribution in [2.24, 2.45) is 0 Å². The van der Waals surface area contributed by atoms with Crippen LogP contribution in [0.5, 0.6) is 0 Å². The summed E-state index contributed by atoms with van der Waals surface area (Å²) in [5.74, 6) is -0.235. The van der Waals surface area contributed by atoms with E-state index in [2.05, 4.69) is 10.1 Å². The summed E-state index contributed by atoms with van der Waals surface area (Å²) >= 11 is 0. The fraction of sp³-hybridized carbons (Fsp3) is 0.833. The lowest BCUT2D eigenvalue weighted by Gasteiger charge is -1.98. The van der Waals surface area contributed by atoms with Gasteiger partial charge < -0.3 is 4.74 Å². The Labute approximate surface area is 55.4 Å². The zero-order chi connectivity index (χ0) is 7.11. The predicted octanol–water partition coefficient (Wildman–Crippen LogP) is 0.174. The zero-order valence-electron chi connectivity index (χ0n) is 5.89. The van der Waals surface area contributed by atoms with Gasteiger partial charge >= 0.3 is 5.97 Å². The first-order valence-electron chi connectivity index (χ1n) is 3.04. The van der Waals surface area contributed by atoms with Crippen molar-refractivity contribution in [1.82, 2.24) is 5.32 Å². The van der Waals surface area contributed by atoms with Crippen LogP contribution in [0.4, 0.5) is 0 Å². The van der Waals surface area contributed by atoms with Gasteiger partial charge in [0, 0.05) is 20.0 Å². The van der Waals surface area contributed by atoms with Gasteiger partial charge in [0.05, 0.1) is 0 Å².